The number of hydrogen-bond donors (Lipinski definition) is 1. The normalized spacial score (nSPS) is 12.5. The lowest BCUT2D eigenvalue weighted by Crippen LogP contribution is -1.97. The van der Waals surface area contributed by atoms with Crippen LogP contribution in [0.15, 0.2) is 51.5 Å². The van der Waals surface area contributed by atoms with Crippen LogP contribution in [0.2, 0.25) is 0 Å². The van der Waals surface area contributed by atoms with Crippen molar-refractivity contribution >= 4 is 39.1 Å². The molecule has 0 radical (unpaired) electrons. The first-order valence-corrected chi connectivity index (χ1v) is 9.03. The second-order valence-electron chi connectivity index (χ2n) is 5.11. The van der Waals surface area contributed by atoms with Crippen LogP contribution in [0, 0.1) is 0 Å². The quantitative estimate of drug-likeness (QED) is 0.434. The van der Waals surface area contributed by atoms with E-state index in [9.17, 15) is 0 Å². The van der Waals surface area contributed by atoms with Gasteiger partial charge in [0.05, 0.1) is 10.6 Å². The second-order valence-corrected chi connectivity index (χ2v) is 7.32. The summed E-state index contributed by atoms with van der Waals surface area (Å²) in [5, 5.41) is 7.42. The Morgan fingerprint density at radius 2 is 1.96 bits per heavy atom. The topological polar surface area (TPSA) is 90.7 Å². The Morgan fingerprint density at radius 1 is 1.12 bits per heavy atom. The van der Waals surface area contributed by atoms with E-state index < -0.39 is 0 Å². The van der Waals surface area contributed by atoms with Crippen LogP contribution >= 0.6 is 23.1 Å². The van der Waals surface area contributed by atoms with Gasteiger partial charge in [-0.15, -0.1) is 11.3 Å². The first kappa shape index (κ1) is 15.1. The molecule has 120 valence electrons. The molecular formula is C16H13N5OS2. The van der Waals surface area contributed by atoms with Gasteiger partial charge in [-0.3, -0.25) is 0 Å². The number of thiophene rings is 1. The van der Waals surface area contributed by atoms with Gasteiger partial charge >= 0.3 is 0 Å². The summed E-state index contributed by atoms with van der Waals surface area (Å²) >= 11 is 2.99. The Labute approximate surface area is 146 Å². The van der Waals surface area contributed by atoms with E-state index >= 15 is 0 Å². The van der Waals surface area contributed by atoms with Gasteiger partial charge in [-0.1, -0.05) is 47.3 Å². The van der Waals surface area contributed by atoms with E-state index in [1.165, 1.54) is 11.8 Å². The molecular weight excluding hydrogens is 342 g/mol. The summed E-state index contributed by atoms with van der Waals surface area (Å²) in [6.45, 7) is 1.98. The monoisotopic (exact) mass is 355 g/mol. The Bertz CT molecular complexity index is 982. The van der Waals surface area contributed by atoms with Gasteiger partial charge in [0.1, 0.15) is 10.6 Å². The standard InChI is InChI=1S/C16H13N5OS2/c1-9(14-19-13(21-22-14)10-5-3-2-4-6-10)24-16-18-12(17)11-7-8-23-15(11)20-16/h2-9H,1H3,(H2,17,18,20)/t9-/m0/s1. The molecule has 8 heteroatoms. The Balaban J connectivity index is 1.57. The summed E-state index contributed by atoms with van der Waals surface area (Å²) in [6, 6.07) is 11.7. The highest BCUT2D eigenvalue weighted by atomic mass is 32.2. The SMILES string of the molecule is C[C@H](Sc1nc(N)c2ccsc2n1)c1nc(-c2ccccc2)no1. The lowest BCUT2D eigenvalue weighted by atomic mass is 10.2. The second kappa shape index (κ2) is 6.21. The van der Waals surface area contributed by atoms with Crippen LogP contribution in [0.1, 0.15) is 18.1 Å². The van der Waals surface area contributed by atoms with Gasteiger partial charge in [-0.25, -0.2) is 9.97 Å². The summed E-state index contributed by atoms with van der Waals surface area (Å²) < 4.78 is 5.39. The highest BCUT2D eigenvalue weighted by Gasteiger charge is 2.18. The van der Waals surface area contributed by atoms with Crippen molar-refractivity contribution < 1.29 is 4.52 Å². The summed E-state index contributed by atoms with van der Waals surface area (Å²) in [4.78, 5) is 14.2. The van der Waals surface area contributed by atoms with E-state index in [0.29, 0.717) is 22.7 Å². The Morgan fingerprint density at radius 3 is 2.79 bits per heavy atom. The molecule has 6 nitrogen and oxygen atoms in total. The smallest absolute Gasteiger partial charge is 0.240 e. The lowest BCUT2D eigenvalue weighted by molar-refractivity contribution is 0.380. The fourth-order valence-electron chi connectivity index (χ4n) is 2.22. The van der Waals surface area contributed by atoms with Crippen molar-refractivity contribution in [3.8, 4) is 11.4 Å². The van der Waals surface area contributed by atoms with Crippen molar-refractivity contribution in [2.24, 2.45) is 0 Å². The maximum Gasteiger partial charge on any atom is 0.240 e. The third-order valence-electron chi connectivity index (χ3n) is 3.44. The summed E-state index contributed by atoms with van der Waals surface area (Å²) in [6.07, 6.45) is 0. The van der Waals surface area contributed by atoms with Crippen LogP contribution in [0.25, 0.3) is 21.6 Å². The number of anilines is 1. The third kappa shape index (κ3) is 2.85. The summed E-state index contributed by atoms with van der Waals surface area (Å²) in [5.41, 5.74) is 6.91. The highest BCUT2D eigenvalue weighted by Crippen LogP contribution is 2.35. The Hall–Kier alpha value is -2.45. The molecule has 0 unspecified atom stereocenters. The van der Waals surface area contributed by atoms with Crippen LogP contribution in [0.3, 0.4) is 0 Å². The maximum atomic E-state index is 5.99. The minimum atomic E-state index is -0.0771. The number of nitrogens with zero attached hydrogens (tertiary/aromatic N) is 4. The van der Waals surface area contributed by atoms with E-state index in [1.54, 1.807) is 11.3 Å². The summed E-state index contributed by atoms with van der Waals surface area (Å²) in [7, 11) is 0. The van der Waals surface area contributed by atoms with E-state index in [-0.39, 0.29) is 5.25 Å². The van der Waals surface area contributed by atoms with E-state index in [4.69, 9.17) is 10.3 Å². The van der Waals surface area contributed by atoms with Gasteiger partial charge in [0, 0.05) is 5.56 Å². The van der Waals surface area contributed by atoms with E-state index in [0.717, 1.165) is 15.8 Å². The van der Waals surface area contributed by atoms with Gasteiger partial charge in [0.25, 0.3) is 0 Å². The van der Waals surface area contributed by atoms with Crippen LogP contribution < -0.4 is 5.73 Å². The lowest BCUT2D eigenvalue weighted by Gasteiger charge is -2.05. The van der Waals surface area contributed by atoms with Gasteiger partial charge < -0.3 is 10.3 Å². The molecule has 3 aromatic heterocycles. The third-order valence-corrected chi connectivity index (χ3v) is 5.19. The molecule has 0 spiro atoms. The van der Waals surface area contributed by atoms with E-state index in [2.05, 4.69) is 20.1 Å². The average Bonchev–Trinajstić information content (AvgIpc) is 3.25. The average molecular weight is 355 g/mol. The molecule has 0 bridgehead atoms. The zero-order chi connectivity index (χ0) is 16.5. The number of fused-ring (bicyclic) bond motifs is 1. The number of nitrogen functional groups attached to an aromatic ring is 1. The fourth-order valence-corrected chi connectivity index (χ4v) is 3.86. The molecule has 0 amide bonds. The van der Waals surface area contributed by atoms with Crippen LogP contribution in [0.4, 0.5) is 5.82 Å². The van der Waals surface area contributed by atoms with Crippen LogP contribution in [-0.2, 0) is 0 Å². The van der Waals surface area contributed by atoms with Crippen molar-refractivity contribution in [1.82, 2.24) is 20.1 Å². The van der Waals surface area contributed by atoms with Crippen molar-refractivity contribution in [1.29, 1.82) is 0 Å². The molecule has 1 aromatic carbocycles. The molecule has 4 rings (SSSR count). The number of nitrogens with two attached hydrogens (primary N) is 1. The molecule has 1 atom stereocenters. The molecule has 0 aliphatic heterocycles. The van der Waals surface area contributed by atoms with Crippen LogP contribution in [0.5, 0.6) is 0 Å². The molecule has 0 aliphatic carbocycles. The van der Waals surface area contributed by atoms with Crippen molar-refractivity contribution in [3.63, 3.8) is 0 Å². The number of hydrogen-bond acceptors (Lipinski definition) is 8. The van der Waals surface area contributed by atoms with Crippen molar-refractivity contribution in [2.45, 2.75) is 17.3 Å². The molecule has 0 fully saturated rings. The molecule has 0 saturated carbocycles. The van der Waals surface area contributed by atoms with Gasteiger partial charge in [0.2, 0.25) is 11.7 Å². The number of aromatic nitrogens is 4. The molecule has 24 heavy (non-hydrogen) atoms. The zero-order valence-electron chi connectivity index (χ0n) is 12.7. The van der Waals surface area contributed by atoms with Gasteiger partial charge in [-0.2, -0.15) is 4.98 Å². The first-order chi connectivity index (χ1) is 11.7. The molecule has 0 saturated heterocycles. The fraction of sp³-hybridized carbons (Fsp3) is 0.125. The van der Waals surface area contributed by atoms with Crippen molar-refractivity contribution in [2.75, 3.05) is 5.73 Å². The predicted octanol–water partition coefficient (Wildman–Crippen LogP) is 4.18. The molecule has 0 aliphatic rings. The van der Waals surface area contributed by atoms with Crippen molar-refractivity contribution in [3.05, 3.63) is 47.7 Å². The minimum Gasteiger partial charge on any atom is -0.383 e. The number of thioether (sulfide) groups is 1. The highest BCUT2D eigenvalue weighted by molar-refractivity contribution is 7.99. The largest absolute Gasteiger partial charge is 0.383 e. The Kier molecular flexibility index (Phi) is 3.91. The number of benzene rings is 1. The van der Waals surface area contributed by atoms with Crippen LogP contribution in [-0.4, -0.2) is 20.1 Å². The number of rotatable bonds is 4. The molecule has 2 N–H and O–H groups in total. The molecule has 3 heterocycles. The first-order valence-electron chi connectivity index (χ1n) is 7.27. The van der Waals surface area contributed by atoms with Gasteiger partial charge in [-0.05, 0) is 18.4 Å². The zero-order valence-corrected chi connectivity index (χ0v) is 14.3. The van der Waals surface area contributed by atoms with E-state index in [1.807, 2.05) is 48.7 Å². The predicted molar refractivity (Wildman–Crippen MR) is 95.8 cm³/mol. The maximum absolute atomic E-state index is 5.99. The summed E-state index contributed by atoms with van der Waals surface area (Å²) in [5.74, 6) is 1.60. The molecule has 4 aromatic rings. The van der Waals surface area contributed by atoms with Gasteiger partial charge in [0.15, 0.2) is 5.16 Å². The minimum absolute atomic E-state index is 0.0771.